The number of aliphatic carboxylic acids is 4. The van der Waals surface area contributed by atoms with Crippen molar-refractivity contribution in [3.8, 4) is 0 Å². The molecule has 0 aliphatic heterocycles. The van der Waals surface area contributed by atoms with Crippen molar-refractivity contribution >= 4 is 71.7 Å². The summed E-state index contributed by atoms with van der Waals surface area (Å²) in [7, 11) is 0. The molecule has 0 aromatic carbocycles. The topological polar surface area (TPSA) is 161 Å². The Balaban J connectivity index is -0.0000000929. The van der Waals surface area contributed by atoms with E-state index in [2.05, 4.69) is 93.5 Å². The van der Waals surface area contributed by atoms with Crippen molar-refractivity contribution in [3.05, 3.63) is 36.5 Å². The van der Waals surface area contributed by atoms with Crippen LogP contribution < -0.4 is 20.4 Å². The van der Waals surface area contributed by atoms with Gasteiger partial charge in [-0.1, -0.05) is 248 Å². The van der Waals surface area contributed by atoms with E-state index in [1.165, 1.54) is 180 Å². The Morgan fingerprint density at radius 1 is 0.273 bits per heavy atom. The summed E-state index contributed by atoms with van der Waals surface area (Å²) in [5.74, 6) is -4.92. The number of carboxylic acid groups (broad SMARTS) is 4. The third kappa shape index (κ3) is 137. The van der Waals surface area contributed by atoms with Gasteiger partial charge in [-0.2, -0.15) is 0 Å². The van der Waals surface area contributed by atoms with Gasteiger partial charge in [-0.3, -0.25) is 0 Å². The van der Waals surface area contributed by atoms with Crippen LogP contribution in [-0.2, 0) is 19.2 Å². The van der Waals surface area contributed by atoms with Gasteiger partial charge in [-0.25, -0.2) is 0 Å². The van der Waals surface area contributed by atoms with E-state index in [-0.39, 0.29) is 60.7 Å². The zero-order chi connectivity index (χ0) is 50.0. The summed E-state index contributed by atoms with van der Waals surface area (Å²) in [5, 5.41) is 39.3. The molecular weight excluding hydrogens is 1040 g/mol. The van der Waals surface area contributed by atoms with Gasteiger partial charge in [0.1, 0.15) is 0 Å². The molecule has 10 heteroatoms. The van der Waals surface area contributed by atoms with Crippen molar-refractivity contribution < 1.29 is 39.6 Å². The van der Waals surface area contributed by atoms with E-state index in [0.29, 0.717) is 12.2 Å². The molecule has 8 nitrogen and oxygen atoms in total. The third-order valence-corrected chi connectivity index (χ3v) is 9.64. The molecule has 0 bridgehead atoms. The van der Waals surface area contributed by atoms with Crippen LogP contribution in [0.2, 0.25) is 0 Å². The Morgan fingerprint density at radius 3 is 0.621 bits per heavy atom. The molecule has 0 aromatic rings. The fraction of sp³-hybridized carbons (Fsp3) is 0.821. The molecule has 0 amide bonds. The van der Waals surface area contributed by atoms with E-state index in [9.17, 15) is 39.6 Å². The van der Waals surface area contributed by atoms with Crippen LogP contribution in [0.5, 0.6) is 0 Å². The smallest absolute Gasteiger partial charge is 0.550 e. The average molecular weight is 1150 g/mol. The first-order chi connectivity index (χ1) is 30.8. The zero-order valence-electron chi connectivity index (χ0n) is 45.2. The monoisotopic (exact) mass is 1150 g/mol. The first-order valence-electron chi connectivity index (χ1n) is 26.6. The van der Waals surface area contributed by atoms with Gasteiger partial charge in [-0.05, 0) is 89.2 Å². The maximum Gasteiger partial charge on any atom is 2.00 e. The van der Waals surface area contributed by atoms with Crippen LogP contribution in [-0.4, -0.2) is 71.7 Å². The second kappa shape index (κ2) is 90.2. The largest absolute Gasteiger partial charge is 2.00 e. The molecule has 0 heterocycles. The van der Waals surface area contributed by atoms with Gasteiger partial charge in [0.2, 0.25) is 0 Å². The standard InChI is InChI=1S/2C18H34O2.C4H4O4.4C4H10.2Sn/c2*1-2-3-4-5-6-7-8-9-10-11-12-13-14-15-16-17-18(19)20;5-3(6)1-2-4(7)8;4*1-3-4-2;;/h2*9-10H,2-8,11-17H2,1H3,(H,19,20);1-2H,(H,5,6)(H,7,8);4*3-4H2,1-2H3;;/q;;;;;;;2*+2/p-4/b2*10-9-;2-1-;;;;;;. The molecule has 0 atom stereocenters. The van der Waals surface area contributed by atoms with Gasteiger partial charge in [0.25, 0.3) is 0 Å². The first-order valence-corrected chi connectivity index (χ1v) is 26.6. The van der Waals surface area contributed by atoms with Crippen LogP contribution in [0.25, 0.3) is 0 Å². The summed E-state index contributed by atoms with van der Waals surface area (Å²) in [6.07, 6.45) is 53.1. The maximum absolute atomic E-state index is 10.2. The van der Waals surface area contributed by atoms with E-state index in [1.807, 2.05) is 0 Å². The Kier molecular flexibility index (Phi) is 116. The second-order valence-corrected chi connectivity index (χ2v) is 16.4. The number of allylic oxidation sites excluding steroid dienone is 4. The van der Waals surface area contributed by atoms with E-state index in [0.717, 1.165) is 38.5 Å². The normalized spacial score (nSPS) is 9.79. The number of unbranched alkanes of at least 4 members (excludes halogenated alkanes) is 26. The quantitative estimate of drug-likeness (QED) is 0.0259. The van der Waals surface area contributed by atoms with Crippen LogP contribution in [0.4, 0.5) is 0 Å². The van der Waals surface area contributed by atoms with Crippen molar-refractivity contribution in [3.63, 3.8) is 0 Å². The summed E-state index contributed by atoms with van der Waals surface area (Å²) in [6.45, 7) is 22.0. The minimum atomic E-state index is -1.55. The number of hydrogen-bond acceptors (Lipinski definition) is 8. The van der Waals surface area contributed by atoms with Gasteiger partial charge >= 0.3 is 47.8 Å². The minimum absolute atomic E-state index is 0. The number of carbonyl (C=O) groups excluding carboxylic acids is 4. The molecule has 4 radical (unpaired) electrons. The molecule has 0 aliphatic carbocycles. The van der Waals surface area contributed by atoms with E-state index < -0.39 is 23.9 Å². The predicted molar refractivity (Wildman–Crippen MR) is 282 cm³/mol. The number of hydrogen-bond donors (Lipinski definition) is 0. The molecular formula is C56H108O8Sn2. The minimum Gasteiger partial charge on any atom is -0.550 e. The van der Waals surface area contributed by atoms with Gasteiger partial charge in [0, 0.05) is 11.9 Å². The fourth-order valence-corrected chi connectivity index (χ4v) is 4.82. The van der Waals surface area contributed by atoms with Crippen molar-refractivity contribution in [2.45, 2.75) is 300 Å². The molecule has 0 rings (SSSR count). The van der Waals surface area contributed by atoms with Gasteiger partial charge < -0.3 is 39.6 Å². The molecule has 0 saturated heterocycles. The molecule has 0 aliphatic rings. The molecule has 0 spiro atoms. The number of carboxylic acids is 4. The molecule has 0 N–H and O–H groups in total. The van der Waals surface area contributed by atoms with Crippen LogP contribution in [0.15, 0.2) is 36.5 Å². The fourth-order valence-electron chi connectivity index (χ4n) is 4.82. The van der Waals surface area contributed by atoms with Crippen LogP contribution in [0.3, 0.4) is 0 Å². The summed E-state index contributed by atoms with van der Waals surface area (Å²) < 4.78 is 0. The Morgan fingerprint density at radius 2 is 0.455 bits per heavy atom. The zero-order valence-corrected chi connectivity index (χ0v) is 50.9. The molecule has 0 aromatic heterocycles. The van der Waals surface area contributed by atoms with Gasteiger partial charge in [-0.15, -0.1) is 0 Å². The number of rotatable bonds is 36. The first kappa shape index (κ1) is 84.6. The second-order valence-electron chi connectivity index (χ2n) is 16.4. The van der Waals surface area contributed by atoms with Crippen LogP contribution >= 0.6 is 0 Å². The predicted octanol–water partition coefficient (Wildman–Crippen LogP) is 13.1. The van der Waals surface area contributed by atoms with Crippen molar-refractivity contribution in [2.24, 2.45) is 0 Å². The van der Waals surface area contributed by atoms with Crippen LogP contribution in [0, 0.1) is 0 Å². The summed E-state index contributed by atoms with van der Waals surface area (Å²) >= 11 is 0. The van der Waals surface area contributed by atoms with Crippen molar-refractivity contribution in [1.29, 1.82) is 0 Å². The summed E-state index contributed by atoms with van der Waals surface area (Å²) in [5.41, 5.74) is 0. The summed E-state index contributed by atoms with van der Waals surface area (Å²) in [6, 6.07) is 0. The Bertz CT molecular complexity index is 864. The third-order valence-electron chi connectivity index (χ3n) is 9.64. The van der Waals surface area contributed by atoms with Crippen LogP contribution in [0.1, 0.15) is 300 Å². The Hall–Kier alpha value is -1.30. The molecule has 66 heavy (non-hydrogen) atoms. The SMILES string of the molecule is CCCC.CCCC.CCCC.CCCC.CCCCCCCC/C=C\CCCCCCCC(=O)[O-].CCCCCCCC/C=C\CCCCCCCC(=O)[O-].O=C([O-])/C=C\C(=O)[O-].[Sn+2].[Sn+2]. The molecule has 0 saturated carbocycles. The van der Waals surface area contributed by atoms with Gasteiger partial charge in [0.15, 0.2) is 0 Å². The van der Waals surface area contributed by atoms with E-state index in [1.54, 1.807) is 0 Å². The average Bonchev–Trinajstić information content (AvgIpc) is 3.28. The number of carbonyl (C=O) groups is 4. The van der Waals surface area contributed by atoms with E-state index in [4.69, 9.17) is 0 Å². The molecule has 0 unspecified atom stereocenters. The maximum atomic E-state index is 10.2. The van der Waals surface area contributed by atoms with Crippen molar-refractivity contribution in [2.75, 3.05) is 0 Å². The summed E-state index contributed by atoms with van der Waals surface area (Å²) in [4.78, 5) is 39.3. The van der Waals surface area contributed by atoms with E-state index >= 15 is 0 Å². The van der Waals surface area contributed by atoms with Crippen molar-refractivity contribution in [1.82, 2.24) is 0 Å². The molecule has 388 valence electrons. The molecule has 0 fully saturated rings. The van der Waals surface area contributed by atoms with Gasteiger partial charge in [0.05, 0.1) is 11.9 Å². The Labute approximate surface area is 445 Å².